The van der Waals surface area contributed by atoms with Crippen molar-refractivity contribution in [1.82, 2.24) is 5.32 Å². The van der Waals surface area contributed by atoms with Gasteiger partial charge in [0.2, 0.25) is 5.91 Å². The molecular weight excluding hydrogens is 208 g/mol. The minimum Gasteiger partial charge on any atom is -0.381 e. The minimum atomic E-state index is -0.571. The summed E-state index contributed by atoms with van der Waals surface area (Å²) in [7, 11) is 0. The second-order valence-electron chi connectivity index (χ2n) is 4.90. The molecule has 16 heavy (non-hydrogen) atoms. The highest BCUT2D eigenvalue weighted by Crippen LogP contribution is 2.27. The Balaban J connectivity index is 1.91. The van der Waals surface area contributed by atoms with E-state index in [4.69, 9.17) is 15.2 Å². The lowest BCUT2D eigenvalue weighted by Gasteiger charge is -2.30. The van der Waals surface area contributed by atoms with Crippen LogP contribution in [-0.2, 0) is 14.3 Å². The van der Waals surface area contributed by atoms with Crippen LogP contribution in [0.25, 0.3) is 0 Å². The third kappa shape index (κ3) is 2.21. The Kier molecular flexibility index (Phi) is 3.47. The van der Waals surface area contributed by atoms with Crippen molar-refractivity contribution in [3.05, 3.63) is 0 Å². The van der Waals surface area contributed by atoms with Crippen LogP contribution in [0.1, 0.15) is 19.8 Å². The SMILES string of the molecule is CC1(C(=O)NC2CCOCC2)COCC1N. The minimum absolute atomic E-state index is 0.0180. The van der Waals surface area contributed by atoms with Gasteiger partial charge in [0.25, 0.3) is 0 Å². The average Bonchev–Trinajstić information content (AvgIpc) is 2.62. The third-order valence-corrected chi connectivity index (χ3v) is 3.59. The van der Waals surface area contributed by atoms with Gasteiger partial charge in [-0.1, -0.05) is 0 Å². The molecule has 0 bridgehead atoms. The Morgan fingerprint density at radius 3 is 2.62 bits per heavy atom. The zero-order valence-corrected chi connectivity index (χ0v) is 9.70. The number of amides is 1. The highest BCUT2D eigenvalue weighted by atomic mass is 16.5. The second kappa shape index (κ2) is 4.69. The van der Waals surface area contributed by atoms with Crippen LogP contribution >= 0.6 is 0 Å². The number of carbonyl (C=O) groups is 1. The number of carbonyl (C=O) groups excluding carboxylic acids is 1. The molecule has 0 aromatic carbocycles. The molecule has 0 spiro atoms. The van der Waals surface area contributed by atoms with Gasteiger partial charge < -0.3 is 20.5 Å². The van der Waals surface area contributed by atoms with Gasteiger partial charge in [0.05, 0.1) is 18.6 Å². The Labute approximate surface area is 95.7 Å². The van der Waals surface area contributed by atoms with E-state index in [-0.39, 0.29) is 18.0 Å². The van der Waals surface area contributed by atoms with Crippen molar-refractivity contribution in [2.45, 2.75) is 31.8 Å². The summed E-state index contributed by atoms with van der Waals surface area (Å²) in [5, 5.41) is 3.05. The fourth-order valence-electron chi connectivity index (χ4n) is 2.11. The number of nitrogens with one attached hydrogen (secondary N) is 1. The predicted octanol–water partition coefficient (Wildman–Crippen LogP) is -0.355. The van der Waals surface area contributed by atoms with Gasteiger partial charge in [-0.3, -0.25) is 4.79 Å². The molecule has 1 amide bonds. The molecule has 2 heterocycles. The van der Waals surface area contributed by atoms with Crippen molar-refractivity contribution in [3.63, 3.8) is 0 Å². The van der Waals surface area contributed by atoms with Gasteiger partial charge in [-0.2, -0.15) is 0 Å². The molecule has 0 aromatic rings. The molecule has 2 rings (SSSR count). The number of rotatable bonds is 2. The van der Waals surface area contributed by atoms with Crippen LogP contribution in [0, 0.1) is 5.41 Å². The van der Waals surface area contributed by atoms with Crippen LogP contribution in [0.4, 0.5) is 0 Å². The lowest BCUT2D eigenvalue weighted by atomic mass is 9.84. The highest BCUT2D eigenvalue weighted by molar-refractivity contribution is 5.83. The largest absolute Gasteiger partial charge is 0.381 e. The Morgan fingerprint density at radius 2 is 2.06 bits per heavy atom. The molecule has 2 aliphatic rings. The zero-order chi connectivity index (χ0) is 11.6. The second-order valence-corrected chi connectivity index (χ2v) is 4.90. The average molecular weight is 228 g/mol. The van der Waals surface area contributed by atoms with Crippen LogP contribution in [0.3, 0.4) is 0 Å². The first-order valence-corrected chi connectivity index (χ1v) is 5.85. The summed E-state index contributed by atoms with van der Waals surface area (Å²) < 4.78 is 10.5. The molecule has 2 fully saturated rings. The van der Waals surface area contributed by atoms with E-state index in [1.54, 1.807) is 0 Å². The predicted molar refractivity (Wildman–Crippen MR) is 58.9 cm³/mol. The Hall–Kier alpha value is -0.650. The van der Waals surface area contributed by atoms with Gasteiger partial charge in [0, 0.05) is 25.3 Å². The lowest BCUT2D eigenvalue weighted by molar-refractivity contribution is -0.132. The molecule has 0 aliphatic carbocycles. The van der Waals surface area contributed by atoms with Crippen molar-refractivity contribution in [2.24, 2.45) is 11.1 Å². The van der Waals surface area contributed by atoms with Crippen LogP contribution in [0.2, 0.25) is 0 Å². The van der Waals surface area contributed by atoms with Crippen molar-refractivity contribution in [1.29, 1.82) is 0 Å². The molecular formula is C11H20N2O3. The van der Waals surface area contributed by atoms with Crippen molar-refractivity contribution in [2.75, 3.05) is 26.4 Å². The van der Waals surface area contributed by atoms with E-state index in [1.165, 1.54) is 0 Å². The van der Waals surface area contributed by atoms with Crippen molar-refractivity contribution >= 4 is 5.91 Å². The summed E-state index contributed by atoms with van der Waals surface area (Å²) in [4.78, 5) is 12.1. The third-order valence-electron chi connectivity index (χ3n) is 3.59. The summed E-state index contributed by atoms with van der Waals surface area (Å²) in [6.07, 6.45) is 1.77. The highest BCUT2D eigenvalue weighted by Gasteiger charge is 2.44. The molecule has 2 saturated heterocycles. The van der Waals surface area contributed by atoms with Gasteiger partial charge in [-0.05, 0) is 19.8 Å². The zero-order valence-electron chi connectivity index (χ0n) is 9.70. The van der Waals surface area contributed by atoms with Gasteiger partial charge in [-0.25, -0.2) is 0 Å². The first-order chi connectivity index (χ1) is 7.63. The maximum Gasteiger partial charge on any atom is 0.230 e. The van der Waals surface area contributed by atoms with Crippen molar-refractivity contribution in [3.8, 4) is 0 Å². The summed E-state index contributed by atoms with van der Waals surface area (Å²) >= 11 is 0. The van der Waals surface area contributed by atoms with Crippen LogP contribution in [-0.4, -0.2) is 44.4 Å². The molecule has 92 valence electrons. The van der Waals surface area contributed by atoms with Crippen LogP contribution in [0.15, 0.2) is 0 Å². The molecule has 2 aliphatic heterocycles. The topological polar surface area (TPSA) is 73.6 Å². The fourth-order valence-corrected chi connectivity index (χ4v) is 2.11. The Bertz CT molecular complexity index is 266. The summed E-state index contributed by atoms with van der Waals surface area (Å²) in [5.41, 5.74) is 5.34. The van der Waals surface area contributed by atoms with Gasteiger partial charge >= 0.3 is 0 Å². The van der Waals surface area contributed by atoms with Crippen LogP contribution in [0.5, 0.6) is 0 Å². The maximum absolute atomic E-state index is 12.1. The van der Waals surface area contributed by atoms with E-state index in [0.717, 1.165) is 26.1 Å². The summed E-state index contributed by atoms with van der Waals surface area (Å²) in [6, 6.07) is 0.0261. The first kappa shape index (κ1) is 11.8. The number of hydrogen-bond acceptors (Lipinski definition) is 4. The standard InChI is InChI=1S/C11H20N2O3/c1-11(7-16-6-9(11)12)10(14)13-8-2-4-15-5-3-8/h8-9H,2-7,12H2,1H3,(H,13,14). The van der Waals surface area contributed by atoms with E-state index in [1.807, 2.05) is 6.92 Å². The van der Waals surface area contributed by atoms with Gasteiger partial charge in [0.1, 0.15) is 0 Å². The molecule has 0 aromatic heterocycles. The number of ether oxygens (including phenoxy) is 2. The fraction of sp³-hybridized carbons (Fsp3) is 0.909. The molecule has 5 heteroatoms. The normalized spacial score (nSPS) is 36.2. The molecule has 2 unspecified atom stereocenters. The lowest BCUT2D eigenvalue weighted by Crippen LogP contribution is -2.53. The smallest absolute Gasteiger partial charge is 0.230 e. The quantitative estimate of drug-likeness (QED) is 0.677. The van der Waals surface area contributed by atoms with Crippen LogP contribution < -0.4 is 11.1 Å². The molecule has 2 atom stereocenters. The van der Waals surface area contributed by atoms with E-state index >= 15 is 0 Å². The van der Waals surface area contributed by atoms with Gasteiger partial charge in [-0.15, -0.1) is 0 Å². The number of nitrogens with two attached hydrogens (primary N) is 1. The molecule has 0 saturated carbocycles. The van der Waals surface area contributed by atoms with E-state index in [9.17, 15) is 4.79 Å². The summed E-state index contributed by atoms with van der Waals surface area (Å²) in [6.45, 7) is 4.22. The molecule has 0 radical (unpaired) electrons. The van der Waals surface area contributed by atoms with E-state index < -0.39 is 5.41 Å². The first-order valence-electron chi connectivity index (χ1n) is 5.85. The van der Waals surface area contributed by atoms with Crippen molar-refractivity contribution < 1.29 is 14.3 Å². The monoisotopic (exact) mass is 228 g/mol. The van der Waals surface area contributed by atoms with E-state index in [0.29, 0.717) is 13.2 Å². The van der Waals surface area contributed by atoms with Gasteiger partial charge in [0.15, 0.2) is 0 Å². The number of hydrogen-bond donors (Lipinski definition) is 2. The molecule has 3 N–H and O–H groups in total. The summed E-state index contributed by atoms with van der Waals surface area (Å²) in [5.74, 6) is 0.0180. The molecule has 5 nitrogen and oxygen atoms in total. The van der Waals surface area contributed by atoms with E-state index in [2.05, 4.69) is 5.32 Å². The maximum atomic E-state index is 12.1. The Morgan fingerprint density at radius 1 is 1.38 bits per heavy atom.